The second-order valence-electron chi connectivity index (χ2n) is 5.73. The molecule has 96 valence electrons. The highest BCUT2D eigenvalue weighted by Gasteiger charge is 2.28. The van der Waals surface area contributed by atoms with Crippen molar-refractivity contribution < 1.29 is 4.79 Å². The quantitative estimate of drug-likeness (QED) is 0.780. The second-order valence-corrected chi connectivity index (χ2v) is 7.53. The van der Waals surface area contributed by atoms with Gasteiger partial charge in [-0.3, -0.25) is 4.79 Å². The first kappa shape index (κ1) is 15.8. The fraction of sp³-hybridized carbons (Fsp3) is 0.917. The third-order valence-corrected chi connectivity index (χ3v) is 4.03. The predicted molar refractivity (Wildman–Crippen MR) is 72.7 cm³/mol. The number of carbonyl (C=O) groups excluding carboxylic acids is 1. The molecule has 0 saturated carbocycles. The third-order valence-electron chi connectivity index (χ3n) is 2.76. The third kappa shape index (κ3) is 5.75. The summed E-state index contributed by atoms with van der Waals surface area (Å²) in [6, 6.07) is 0. The number of amides is 1. The summed E-state index contributed by atoms with van der Waals surface area (Å²) in [5.41, 5.74) is 5.42. The lowest BCUT2D eigenvalue weighted by Crippen LogP contribution is -2.55. The molecule has 3 nitrogen and oxygen atoms in total. The van der Waals surface area contributed by atoms with Gasteiger partial charge in [0, 0.05) is 11.3 Å². The Morgan fingerprint density at radius 3 is 2.12 bits per heavy atom. The maximum atomic E-state index is 11.8. The van der Waals surface area contributed by atoms with Crippen molar-refractivity contribution in [1.82, 2.24) is 5.32 Å². The number of carbonyl (C=O) groups is 1. The first-order valence-electron chi connectivity index (χ1n) is 5.76. The van der Waals surface area contributed by atoms with Crippen molar-refractivity contribution in [1.29, 1.82) is 0 Å². The monoisotopic (exact) mass is 246 g/mol. The van der Waals surface area contributed by atoms with Gasteiger partial charge in [-0.05, 0) is 12.8 Å². The predicted octanol–water partition coefficient (Wildman–Crippen LogP) is 2.01. The lowest BCUT2D eigenvalue weighted by Gasteiger charge is -2.33. The van der Waals surface area contributed by atoms with Crippen LogP contribution >= 0.6 is 11.8 Å². The highest BCUT2D eigenvalue weighted by molar-refractivity contribution is 8.01. The molecule has 16 heavy (non-hydrogen) atoms. The number of hydrogen-bond donors (Lipinski definition) is 2. The van der Waals surface area contributed by atoms with E-state index in [9.17, 15) is 4.79 Å². The smallest absolute Gasteiger partial charge is 0.230 e. The van der Waals surface area contributed by atoms with Gasteiger partial charge in [0.1, 0.15) is 0 Å². The molecule has 0 aromatic rings. The molecule has 0 heterocycles. The lowest BCUT2D eigenvalue weighted by molar-refractivity contribution is -0.120. The second kappa shape index (κ2) is 5.92. The minimum Gasteiger partial charge on any atom is -0.349 e. The standard InChI is InChI=1S/C12H26N2OS/c1-9(2)12(6,8-13)14-10(15)7-16-11(3,4)5/h9H,7-8,13H2,1-6H3,(H,14,15). The number of hydrogen-bond acceptors (Lipinski definition) is 3. The Morgan fingerprint density at radius 2 is 1.81 bits per heavy atom. The van der Waals surface area contributed by atoms with E-state index in [1.165, 1.54) is 0 Å². The van der Waals surface area contributed by atoms with Crippen LogP contribution in [-0.2, 0) is 4.79 Å². The van der Waals surface area contributed by atoms with Crippen molar-refractivity contribution in [2.24, 2.45) is 11.7 Å². The molecule has 1 unspecified atom stereocenters. The van der Waals surface area contributed by atoms with Crippen LogP contribution in [-0.4, -0.2) is 28.5 Å². The molecule has 0 aliphatic rings. The van der Waals surface area contributed by atoms with Crippen LogP contribution in [0.4, 0.5) is 0 Å². The van der Waals surface area contributed by atoms with E-state index in [1.54, 1.807) is 11.8 Å². The molecule has 0 aromatic carbocycles. The molecule has 0 fully saturated rings. The highest BCUT2D eigenvalue weighted by Crippen LogP contribution is 2.23. The van der Waals surface area contributed by atoms with Crippen molar-refractivity contribution >= 4 is 17.7 Å². The molecule has 3 N–H and O–H groups in total. The number of nitrogens with one attached hydrogen (secondary N) is 1. The van der Waals surface area contributed by atoms with E-state index in [-0.39, 0.29) is 16.2 Å². The maximum Gasteiger partial charge on any atom is 0.230 e. The number of nitrogens with two attached hydrogens (primary N) is 1. The summed E-state index contributed by atoms with van der Waals surface area (Å²) in [6.45, 7) is 12.9. The Balaban J connectivity index is 4.23. The van der Waals surface area contributed by atoms with E-state index in [4.69, 9.17) is 5.73 Å². The van der Waals surface area contributed by atoms with Crippen LogP contribution in [0.25, 0.3) is 0 Å². The normalized spacial score (nSPS) is 16.0. The Hall–Kier alpha value is -0.220. The van der Waals surface area contributed by atoms with Crippen molar-refractivity contribution in [3.8, 4) is 0 Å². The van der Waals surface area contributed by atoms with Gasteiger partial charge in [-0.25, -0.2) is 0 Å². The molecule has 0 spiro atoms. The minimum atomic E-state index is -0.296. The maximum absolute atomic E-state index is 11.8. The average Bonchev–Trinajstić information content (AvgIpc) is 2.13. The molecule has 0 radical (unpaired) electrons. The highest BCUT2D eigenvalue weighted by atomic mass is 32.2. The van der Waals surface area contributed by atoms with Crippen LogP contribution < -0.4 is 11.1 Å². The molecule has 0 saturated heterocycles. The molecule has 1 atom stereocenters. The van der Waals surface area contributed by atoms with Gasteiger partial charge in [-0.2, -0.15) is 0 Å². The van der Waals surface area contributed by atoms with Crippen LogP contribution in [0, 0.1) is 5.92 Å². The summed E-state index contributed by atoms with van der Waals surface area (Å²) in [5.74, 6) is 0.897. The van der Waals surface area contributed by atoms with Crippen LogP contribution in [0.3, 0.4) is 0 Å². The van der Waals surface area contributed by atoms with Gasteiger partial charge in [0.15, 0.2) is 0 Å². The fourth-order valence-corrected chi connectivity index (χ4v) is 1.70. The van der Waals surface area contributed by atoms with E-state index in [1.807, 2.05) is 6.92 Å². The molecule has 0 aliphatic heterocycles. The molecule has 1 amide bonds. The lowest BCUT2D eigenvalue weighted by atomic mass is 9.88. The Morgan fingerprint density at radius 1 is 1.31 bits per heavy atom. The Kier molecular flexibility index (Phi) is 5.84. The molecule has 4 heteroatoms. The number of rotatable bonds is 5. The van der Waals surface area contributed by atoms with E-state index in [0.29, 0.717) is 18.2 Å². The largest absolute Gasteiger partial charge is 0.349 e. The minimum absolute atomic E-state index is 0.0709. The van der Waals surface area contributed by atoms with Gasteiger partial charge in [0.2, 0.25) is 5.91 Å². The van der Waals surface area contributed by atoms with Crippen LogP contribution in [0.5, 0.6) is 0 Å². The summed E-state index contributed by atoms with van der Waals surface area (Å²) in [4.78, 5) is 11.8. The van der Waals surface area contributed by atoms with E-state index < -0.39 is 0 Å². The molecule has 0 aliphatic carbocycles. The summed E-state index contributed by atoms with van der Waals surface area (Å²) in [7, 11) is 0. The molecule has 0 bridgehead atoms. The zero-order valence-corrected chi connectivity index (χ0v) is 12.2. The van der Waals surface area contributed by atoms with Gasteiger partial charge >= 0.3 is 0 Å². The van der Waals surface area contributed by atoms with Crippen molar-refractivity contribution in [3.05, 3.63) is 0 Å². The van der Waals surface area contributed by atoms with E-state index in [0.717, 1.165) is 0 Å². The average molecular weight is 246 g/mol. The summed E-state index contributed by atoms with van der Waals surface area (Å²) in [5, 5.41) is 3.03. The molecule has 0 rings (SSSR count). The van der Waals surface area contributed by atoms with E-state index >= 15 is 0 Å². The fourth-order valence-electron chi connectivity index (χ4n) is 1.07. The zero-order valence-electron chi connectivity index (χ0n) is 11.4. The van der Waals surface area contributed by atoms with Crippen LogP contribution in [0.1, 0.15) is 41.5 Å². The topological polar surface area (TPSA) is 55.1 Å². The summed E-state index contributed by atoms with van der Waals surface area (Å²) < 4.78 is 0.119. The van der Waals surface area contributed by atoms with Crippen LogP contribution in [0.2, 0.25) is 0 Å². The molecular weight excluding hydrogens is 220 g/mol. The molecular formula is C12H26N2OS. The number of thioether (sulfide) groups is 1. The summed E-state index contributed by atoms with van der Waals surface area (Å²) >= 11 is 1.65. The van der Waals surface area contributed by atoms with Gasteiger partial charge in [0.05, 0.1) is 11.3 Å². The van der Waals surface area contributed by atoms with Crippen molar-refractivity contribution in [2.75, 3.05) is 12.3 Å². The molecule has 0 aromatic heterocycles. The zero-order chi connectivity index (χ0) is 13.0. The first-order chi connectivity index (χ1) is 7.10. The van der Waals surface area contributed by atoms with Gasteiger partial charge in [-0.15, -0.1) is 11.8 Å². The SMILES string of the molecule is CC(C)C(C)(CN)NC(=O)CSC(C)(C)C. The van der Waals surface area contributed by atoms with Gasteiger partial charge in [0.25, 0.3) is 0 Å². The van der Waals surface area contributed by atoms with Gasteiger partial charge < -0.3 is 11.1 Å². The van der Waals surface area contributed by atoms with Crippen molar-refractivity contribution in [3.63, 3.8) is 0 Å². The van der Waals surface area contributed by atoms with E-state index in [2.05, 4.69) is 39.9 Å². The van der Waals surface area contributed by atoms with Gasteiger partial charge in [-0.1, -0.05) is 34.6 Å². The Bertz CT molecular complexity index is 236. The Labute approximate surface area is 104 Å². The van der Waals surface area contributed by atoms with Crippen molar-refractivity contribution in [2.45, 2.75) is 51.8 Å². The van der Waals surface area contributed by atoms with Crippen LogP contribution in [0.15, 0.2) is 0 Å². The summed E-state index contributed by atoms with van der Waals surface area (Å²) in [6.07, 6.45) is 0. The first-order valence-corrected chi connectivity index (χ1v) is 6.74.